The van der Waals surface area contributed by atoms with Gasteiger partial charge in [-0.3, -0.25) is 19.8 Å². The maximum atomic E-state index is 13.2. The molecular weight excluding hydrogens is 356 g/mol. The fourth-order valence-electron chi connectivity index (χ4n) is 2.45. The van der Waals surface area contributed by atoms with Crippen molar-refractivity contribution in [1.82, 2.24) is 5.32 Å². The van der Waals surface area contributed by atoms with Gasteiger partial charge in [0, 0.05) is 10.6 Å². The van der Waals surface area contributed by atoms with Crippen LogP contribution in [0.25, 0.3) is 0 Å². The number of carbonyl (C=O) groups is 3. The average molecular weight is 382 g/mol. The van der Waals surface area contributed by atoms with Crippen molar-refractivity contribution < 1.29 is 24.6 Å². The molecule has 0 saturated carbocycles. The number of hydrogen-bond donors (Lipinski definition) is 3. The highest BCUT2D eigenvalue weighted by atomic mass is 32.2. The van der Waals surface area contributed by atoms with E-state index in [1.165, 1.54) is 30.5 Å². The van der Waals surface area contributed by atoms with E-state index in [-0.39, 0.29) is 5.92 Å². The Hall–Kier alpha value is -2.06. The minimum atomic E-state index is -1.14. The van der Waals surface area contributed by atoms with Gasteiger partial charge in [0.2, 0.25) is 5.91 Å². The largest absolute Gasteiger partial charge is 0.480 e. The van der Waals surface area contributed by atoms with Crippen LogP contribution >= 0.6 is 11.8 Å². The average Bonchev–Trinajstić information content (AvgIpc) is 2.58. The summed E-state index contributed by atoms with van der Waals surface area (Å²) in [5, 5.41) is 21.4. The minimum absolute atomic E-state index is 0.225. The van der Waals surface area contributed by atoms with Crippen LogP contribution in [0.15, 0.2) is 29.2 Å². The van der Waals surface area contributed by atoms with E-state index in [0.29, 0.717) is 5.69 Å². The number of nitrogens with zero attached hydrogens (tertiary/aromatic N) is 1. The second-order valence-corrected chi connectivity index (χ2v) is 7.25. The van der Waals surface area contributed by atoms with Crippen LogP contribution in [-0.2, 0) is 14.4 Å². The van der Waals surface area contributed by atoms with Crippen molar-refractivity contribution in [3.8, 4) is 0 Å². The first-order valence-electron chi connectivity index (χ1n) is 8.28. The number of carboxylic acids is 2. The van der Waals surface area contributed by atoms with Gasteiger partial charge in [0.1, 0.15) is 12.1 Å². The maximum absolute atomic E-state index is 13.2. The SMILES string of the molecule is CSc1cccc(N(C(=O)[C@@H](NC(C)C(=O)O)C(C)C)[C@@H](C)C(=O)O)c1. The number of rotatable bonds is 9. The molecule has 0 heterocycles. The molecule has 3 atom stereocenters. The van der Waals surface area contributed by atoms with Gasteiger partial charge >= 0.3 is 11.9 Å². The van der Waals surface area contributed by atoms with Gasteiger partial charge < -0.3 is 10.2 Å². The lowest BCUT2D eigenvalue weighted by molar-refractivity contribution is -0.141. The number of nitrogens with one attached hydrogen (secondary N) is 1. The van der Waals surface area contributed by atoms with Crippen molar-refractivity contribution in [2.75, 3.05) is 11.2 Å². The summed E-state index contributed by atoms with van der Waals surface area (Å²) in [5.74, 6) is -2.91. The van der Waals surface area contributed by atoms with E-state index in [1.54, 1.807) is 32.0 Å². The number of thioether (sulfide) groups is 1. The summed E-state index contributed by atoms with van der Waals surface area (Å²) < 4.78 is 0. The Labute approximate surface area is 157 Å². The molecular formula is C18H26N2O5S. The van der Waals surface area contributed by atoms with Crippen molar-refractivity contribution in [3.63, 3.8) is 0 Å². The van der Waals surface area contributed by atoms with Gasteiger partial charge in [-0.1, -0.05) is 19.9 Å². The zero-order chi connectivity index (χ0) is 20.0. The zero-order valence-electron chi connectivity index (χ0n) is 15.6. The van der Waals surface area contributed by atoms with Crippen molar-refractivity contribution >= 4 is 35.3 Å². The number of aliphatic carboxylic acids is 2. The fraction of sp³-hybridized carbons (Fsp3) is 0.500. The molecule has 0 saturated heterocycles. The summed E-state index contributed by atoms with van der Waals surface area (Å²) in [6.45, 7) is 6.45. The lowest BCUT2D eigenvalue weighted by atomic mass is 10.00. The molecule has 26 heavy (non-hydrogen) atoms. The summed E-state index contributed by atoms with van der Waals surface area (Å²) in [6, 6.07) is 4.19. The van der Waals surface area contributed by atoms with Crippen LogP contribution in [0.5, 0.6) is 0 Å². The Morgan fingerprint density at radius 3 is 2.15 bits per heavy atom. The maximum Gasteiger partial charge on any atom is 0.326 e. The van der Waals surface area contributed by atoms with Crippen LogP contribution in [0, 0.1) is 5.92 Å². The number of anilines is 1. The van der Waals surface area contributed by atoms with Gasteiger partial charge in [-0.2, -0.15) is 0 Å². The smallest absolute Gasteiger partial charge is 0.326 e. The van der Waals surface area contributed by atoms with E-state index in [9.17, 15) is 19.5 Å². The number of carboxylic acid groups (broad SMARTS) is 2. The molecule has 0 aromatic heterocycles. The number of carbonyl (C=O) groups excluding carboxylic acids is 1. The second kappa shape index (κ2) is 9.59. The van der Waals surface area contributed by atoms with Gasteiger partial charge in [-0.25, -0.2) is 4.79 Å². The van der Waals surface area contributed by atoms with Crippen LogP contribution < -0.4 is 10.2 Å². The number of benzene rings is 1. The van der Waals surface area contributed by atoms with Gasteiger partial charge in [0.25, 0.3) is 0 Å². The third kappa shape index (κ3) is 5.47. The molecule has 1 amide bonds. The van der Waals surface area contributed by atoms with Gasteiger partial charge in [0.05, 0.1) is 6.04 Å². The van der Waals surface area contributed by atoms with E-state index in [0.717, 1.165) is 4.90 Å². The third-order valence-corrected chi connectivity index (χ3v) is 4.77. The predicted molar refractivity (Wildman–Crippen MR) is 102 cm³/mol. The Balaban J connectivity index is 3.32. The Morgan fingerprint density at radius 2 is 1.69 bits per heavy atom. The molecule has 0 aliphatic rings. The summed E-state index contributed by atoms with van der Waals surface area (Å²) in [6.07, 6.45) is 1.89. The predicted octanol–water partition coefficient (Wildman–Crippen LogP) is 2.30. The molecule has 3 N–H and O–H groups in total. The van der Waals surface area contributed by atoms with Crippen LogP contribution in [0.1, 0.15) is 27.7 Å². The Kier molecular flexibility index (Phi) is 8.10. The number of amides is 1. The van der Waals surface area contributed by atoms with Crippen molar-refractivity contribution in [1.29, 1.82) is 0 Å². The molecule has 8 heteroatoms. The third-order valence-electron chi connectivity index (χ3n) is 4.05. The zero-order valence-corrected chi connectivity index (χ0v) is 16.4. The quantitative estimate of drug-likeness (QED) is 0.563. The van der Waals surface area contributed by atoms with Crippen LogP contribution in [0.2, 0.25) is 0 Å². The van der Waals surface area contributed by atoms with E-state index in [2.05, 4.69) is 5.32 Å². The minimum Gasteiger partial charge on any atom is -0.480 e. The molecule has 0 radical (unpaired) electrons. The molecule has 0 aliphatic heterocycles. The summed E-state index contributed by atoms with van der Waals surface area (Å²) in [4.78, 5) is 38.0. The van der Waals surface area contributed by atoms with Crippen molar-refractivity contribution in [3.05, 3.63) is 24.3 Å². The standard InChI is InChI=1S/C18H26N2O5S/c1-10(2)15(19-11(3)17(22)23)16(21)20(12(4)18(24)25)13-7-6-8-14(9-13)26-5/h6-12,15,19H,1-5H3,(H,22,23)(H,24,25)/t11?,12-,15-/m0/s1. The summed E-state index contributed by atoms with van der Waals surface area (Å²) in [5.41, 5.74) is 0.465. The van der Waals surface area contributed by atoms with E-state index in [1.807, 2.05) is 12.3 Å². The van der Waals surface area contributed by atoms with Crippen molar-refractivity contribution in [2.24, 2.45) is 5.92 Å². The van der Waals surface area contributed by atoms with Gasteiger partial charge in [-0.05, 0) is 44.2 Å². The molecule has 0 spiro atoms. The molecule has 144 valence electrons. The van der Waals surface area contributed by atoms with Gasteiger partial charge in [0.15, 0.2) is 0 Å². The molecule has 1 aromatic carbocycles. The normalized spacial score (nSPS) is 14.5. The highest BCUT2D eigenvalue weighted by molar-refractivity contribution is 7.98. The van der Waals surface area contributed by atoms with Gasteiger partial charge in [-0.15, -0.1) is 11.8 Å². The first kappa shape index (κ1) is 22.0. The Morgan fingerprint density at radius 1 is 1.08 bits per heavy atom. The van der Waals surface area contributed by atoms with E-state index >= 15 is 0 Å². The highest BCUT2D eigenvalue weighted by Gasteiger charge is 2.35. The summed E-state index contributed by atoms with van der Waals surface area (Å²) >= 11 is 1.48. The molecule has 1 unspecified atom stereocenters. The Bertz CT molecular complexity index is 665. The molecule has 0 aliphatic carbocycles. The molecule has 1 aromatic rings. The van der Waals surface area contributed by atoms with Crippen LogP contribution in [-0.4, -0.2) is 52.4 Å². The topological polar surface area (TPSA) is 107 Å². The monoisotopic (exact) mass is 382 g/mol. The van der Waals surface area contributed by atoms with Crippen LogP contribution in [0.4, 0.5) is 5.69 Å². The molecule has 7 nitrogen and oxygen atoms in total. The second-order valence-electron chi connectivity index (χ2n) is 6.37. The highest BCUT2D eigenvalue weighted by Crippen LogP contribution is 2.25. The number of hydrogen-bond acceptors (Lipinski definition) is 5. The molecule has 0 fully saturated rings. The van der Waals surface area contributed by atoms with Crippen molar-refractivity contribution in [2.45, 2.75) is 50.7 Å². The summed E-state index contributed by atoms with van der Waals surface area (Å²) in [7, 11) is 0. The fourth-order valence-corrected chi connectivity index (χ4v) is 2.91. The molecule has 1 rings (SSSR count). The lowest BCUT2D eigenvalue weighted by Crippen LogP contribution is -2.56. The molecule has 0 bridgehead atoms. The lowest BCUT2D eigenvalue weighted by Gasteiger charge is -2.33. The first-order valence-corrected chi connectivity index (χ1v) is 9.51. The van der Waals surface area contributed by atoms with E-state index < -0.39 is 36.0 Å². The first-order chi connectivity index (χ1) is 12.1. The van der Waals surface area contributed by atoms with E-state index in [4.69, 9.17) is 5.11 Å². The van der Waals surface area contributed by atoms with Crippen LogP contribution in [0.3, 0.4) is 0 Å².